The first-order valence-corrected chi connectivity index (χ1v) is 16.8. The van der Waals surface area contributed by atoms with Crippen molar-refractivity contribution in [3.63, 3.8) is 0 Å². The molecule has 238 valence electrons. The van der Waals surface area contributed by atoms with Crippen molar-refractivity contribution in [2.24, 2.45) is 27.7 Å². The zero-order valence-corrected chi connectivity index (χ0v) is 27.7. The minimum atomic E-state index is -0.944. The van der Waals surface area contributed by atoms with E-state index in [9.17, 15) is 14.7 Å². The number of hydrogen-bond donors (Lipinski definition) is 1. The fraction of sp³-hybridized carbons (Fsp3) is 0.605. The van der Waals surface area contributed by atoms with E-state index in [0.29, 0.717) is 29.6 Å². The van der Waals surface area contributed by atoms with E-state index in [1.807, 2.05) is 36.4 Å². The van der Waals surface area contributed by atoms with E-state index in [0.717, 1.165) is 68.2 Å². The summed E-state index contributed by atoms with van der Waals surface area (Å²) in [5.74, 6) is 1.12. The van der Waals surface area contributed by atoms with Crippen molar-refractivity contribution in [1.82, 2.24) is 4.90 Å². The summed E-state index contributed by atoms with van der Waals surface area (Å²) in [7, 11) is 0. The Labute approximate surface area is 264 Å². The lowest BCUT2D eigenvalue weighted by molar-refractivity contribution is -0.133. The van der Waals surface area contributed by atoms with Crippen LogP contribution in [0, 0.1) is 22.7 Å². The number of nitrogens with zero attached hydrogens (tertiary/aromatic N) is 2. The zero-order chi connectivity index (χ0) is 31.7. The minimum absolute atomic E-state index is 0.0285. The molecule has 44 heavy (non-hydrogen) atoms. The molecule has 2 aliphatic carbocycles. The smallest absolute Gasteiger partial charge is 0.335 e. The number of carbonyl (C=O) groups is 2. The summed E-state index contributed by atoms with van der Waals surface area (Å²) in [6.07, 6.45) is 10.3. The predicted molar refractivity (Wildman–Crippen MR) is 176 cm³/mol. The maximum absolute atomic E-state index is 14.7. The number of rotatable bonds is 12. The van der Waals surface area contributed by atoms with E-state index in [2.05, 4.69) is 46.4 Å². The lowest BCUT2D eigenvalue weighted by Gasteiger charge is -2.46. The van der Waals surface area contributed by atoms with Crippen LogP contribution in [0.15, 0.2) is 53.5 Å². The van der Waals surface area contributed by atoms with E-state index in [4.69, 9.17) is 9.73 Å². The predicted octanol–water partition coefficient (Wildman–Crippen LogP) is 9.09. The van der Waals surface area contributed by atoms with Crippen LogP contribution < -0.4 is 4.74 Å². The van der Waals surface area contributed by atoms with Crippen LogP contribution in [0.25, 0.3) is 0 Å². The van der Waals surface area contributed by atoms with Crippen molar-refractivity contribution in [1.29, 1.82) is 0 Å². The number of aliphatic imine (C=N–C) groups is 1. The summed E-state index contributed by atoms with van der Waals surface area (Å²) >= 11 is 0. The summed E-state index contributed by atoms with van der Waals surface area (Å²) in [5.41, 5.74) is 2.49. The number of amides is 1. The van der Waals surface area contributed by atoms with E-state index in [1.54, 1.807) is 12.1 Å². The van der Waals surface area contributed by atoms with Crippen molar-refractivity contribution in [2.75, 3.05) is 6.61 Å². The number of carboxylic acid groups (broad SMARTS) is 1. The Hall–Kier alpha value is -3.15. The molecule has 1 heterocycles. The molecular formula is C38H52N2O4. The van der Waals surface area contributed by atoms with Gasteiger partial charge in [0.2, 0.25) is 0 Å². The number of carboxylic acids is 1. The Morgan fingerprint density at radius 3 is 2.32 bits per heavy atom. The molecule has 5 rings (SSSR count). The first kappa shape index (κ1) is 32.2. The van der Waals surface area contributed by atoms with Gasteiger partial charge in [-0.25, -0.2) is 4.79 Å². The molecule has 2 fully saturated rings. The van der Waals surface area contributed by atoms with Gasteiger partial charge in [0, 0.05) is 5.56 Å². The lowest BCUT2D eigenvalue weighted by atomic mass is 9.73. The number of ether oxygens (including phenoxy) is 1. The van der Waals surface area contributed by atoms with Gasteiger partial charge in [-0.3, -0.25) is 9.79 Å². The molecule has 1 amide bonds. The zero-order valence-electron chi connectivity index (χ0n) is 27.7. The van der Waals surface area contributed by atoms with Crippen molar-refractivity contribution < 1.29 is 19.4 Å². The first-order valence-electron chi connectivity index (χ1n) is 16.8. The van der Waals surface area contributed by atoms with Crippen LogP contribution >= 0.6 is 0 Å². The Morgan fingerprint density at radius 1 is 1.05 bits per heavy atom. The molecule has 2 aromatic carbocycles. The standard InChI is InChI=1S/C38H52N2O4/c1-26(2)9-8-24-44-31-11-7-10-29(25-31)33-34(41)40(38(39-33)20-16-30(17-21-38)37(6)22-23-37)32(18-19-36(3,4)5)27-12-14-28(15-13-27)35(42)43/h7,10-15,25-26,30,32H,8-9,16-24H2,1-6H3,(H,42,43)/t30?,32-,38?/m1/s1. The highest BCUT2D eigenvalue weighted by Crippen LogP contribution is 2.58. The molecule has 2 aromatic rings. The van der Waals surface area contributed by atoms with E-state index < -0.39 is 11.6 Å². The molecule has 0 radical (unpaired) electrons. The number of aromatic carboxylic acids is 1. The second-order valence-corrected chi connectivity index (χ2v) is 15.5. The maximum Gasteiger partial charge on any atom is 0.335 e. The quantitative estimate of drug-likeness (QED) is 0.247. The van der Waals surface area contributed by atoms with Crippen LogP contribution in [0.3, 0.4) is 0 Å². The number of carbonyl (C=O) groups excluding carboxylic acids is 1. The third kappa shape index (κ3) is 7.21. The first-order chi connectivity index (χ1) is 20.8. The van der Waals surface area contributed by atoms with Gasteiger partial charge in [-0.15, -0.1) is 0 Å². The molecule has 6 nitrogen and oxygen atoms in total. The number of benzene rings is 2. The largest absolute Gasteiger partial charge is 0.494 e. The van der Waals surface area contributed by atoms with Crippen LogP contribution in [0.5, 0.6) is 5.75 Å². The van der Waals surface area contributed by atoms with E-state index in [1.165, 1.54) is 12.8 Å². The topological polar surface area (TPSA) is 79.2 Å². The second kappa shape index (κ2) is 12.7. The van der Waals surface area contributed by atoms with Crippen LogP contribution in [-0.4, -0.2) is 39.9 Å². The summed E-state index contributed by atoms with van der Waals surface area (Å²) in [5, 5.41) is 9.55. The van der Waals surface area contributed by atoms with Gasteiger partial charge in [0.1, 0.15) is 17.1 Å². The maximum atomic E-state index is 14.7. The molecule has 2 saturated carbocycles. The number of hydrogen-bond acceptors (Lipinski definition) is 4. The SMILES string of the molecule is CC(C)CCCOc1cccc(C2=NC3(CCC(C4(C)CC4)CC3)N([C@H](CCC(C)(C)C)c3ccc(C(=O)O)cc3)C2=O)c1. The van der Waals surface area contributed by atoms with Crippen LogP contribution in [-0.2, 0) is 4.79 Å². The fourth-order valence-corrected chi connectivity index (χ4v) is 7.24. The van der Waals surface area contributed by atoms with Crippen molar-refractivity contribution in [2.45, 2.75) is 117 Å². The molecule has 1 N–H and O–H groups in total. The molecule has 1 spiro atoms. The summed E-state index contributed by atoms with van der Waals surface area (Å²) in [6, 6.07) is 14.8. The van der Waals surface area contributed by atoms with Gasteiger partial charge in [-0.1, -0.05) is 65.8 Å². The fourth-order valence-electron chi connectivity index (χ4n) is 7.24. The van der Waals surface area contributed by atoms with E-state index >= 15 is 0 Å². The monoisotopic (exact) mass is 600 g/mol. The molecular weight excluding hydrogens is 548 g/mol. The molecule has 1 atom stereocenters. The van der Waals surface area contributed by atoms with Crippen LogP contribution in [0.1, 0.15) is 133 Å². The Bertz CT molecular complexity index is 1360. The summed E-state index contributed by atoms with van der Waals surface area (Å²) in [4.78, 5) is 33.8. The van der Waals surface area contributed by atoms with Crippen LogP contribution in [0.2, 0.25) is 0 Å². The average molecular weight is 601 g/mol. The summed E-state index contributed by atoms with van der Waals surface area (Å²) in [6.45, 7) is 14.2. The molecule has 6 heteroatoms. The Kier molecular flexibility index (Phi) is 9.30. The van der Waals surface area contributed by atoms with E-state index in [-0.39, 0.29) is 22.9 Å². The van der Waals surface area contributed by atoms with Gasteiger partial charge < -0.3 is 14.7 Å². The molecule has 3 aliphatic rings. The Morgan fingerprint density at radius 2 is 1.73 bits per heavy atom. The highest BCUT2D eigenvalue weighted by molar-refractivity contribution is 6.46. The van der Waals surface area contributed by atoms with Gasteiger partial charge in [-0.2, -0.15) is 0 Å². The van der Waals surface area contributed by atoms with Gasteiger partial charge in [0.05, 0.1) is 18.2 Å². The van der Waals surface area contributed by atoms with Gasteiger partial charge in [0.25, 0.3) is 5.91 Å². The van der Waals surface area contributed by atoms with Crippen molar-refractivity contribution in [3.05, 3.63) is 65.2 Å². The molecule has 0 unspecified atom stereocenters. The molecule has 0 aromatic heterocycles. The van der Waals surface area contributed by atoms with Gasteiger partial charge >= 0.3 is 5.97 Å². The third-order valence-electron chi connectivity index (χ3n) is 10.3. The van der Waals surface area contributed by atoms with Gasteiger partial charge in [-0.05, 0) is 117 Å². The summed E-state index contributed by atoms with van der Waals surface area (Å²) < 4.78 is 6.11. The molecule has 0 bridgehead atoms. The molecule has 0 saturated heterocycles. The van der Waals surface area contributed by atoms with Crippen molar-refractivity contribution in [3.8, 4) is 5.75 Å². The lowest BCUT2D eigenvalue weighted by Crippen LogP contribution is -2.51. The average Bonchev–Trinajstić information content (AvgIpc) is 3.67. The van der Waals surface area contributed by atoms with Gasteiger partial charge in [0.15, 0.2) is 0 Å². The highest BCUT2D eigenvalue weighted by Gasteiger charge is 2.55. The Balaban J connectivity index is 1.50. The van der Waals surface area contributed by atoms with Crippen molar-refractivity contribution >= 4 is 17.6 Å². The minimum Gasteiger partial charge on any atom is -0.494 e. The third-order valence-corrected chi connectivity index (χ3v) is 10.3. The van der Waals surface area contributed by atoms with Crippen LogP contribution in [0.4, 0.5) is 0 Å². The molecule has 1 aliphatic heterocycles. The normalized spacial score (nSPS) is 23.6. The second-order valence-electron chi connectivity index (χ2n) is 15.5. The highest BCUT2D eigenvalue weighted by atomic mass is 16.5.